The van der Waals surface area contributed by atoms with Gasteiger partial charge in [0.1, 0.15) is 0 Å². The molecule has 0 amide bonds. The molecule has 0 bridgehead atoms. The maximum Gasteiger partial charge on any atom is 0.223 e. The van der Waals surface area contributed by atoms with Gasteiger partial charge in [-0.3, -0.25) is 0 Å². The van der Waals surface area contributed by atoms with Crippen LogP contribution in [-0.4, -0.2) is 9.97 Å². The average Bonchev–Trinajstić information content (AvgIpc) is 2.47. The maximum atomic E-state index is 4.20. The van der Waals surface area contributed by atoms with Gasteiger partial charge in [-0.15, -0.1) is 0 Å². The average molecular weight is 249 g/mol. The maximum absolute atomic E-state index is 4.20. The Labute approximate surface area is 112 Å². The van der Waals surface area contributed by atoms with Gasteiger partial charge < -0.3 is 5.32 Å². The lowest BCUT2D eigenvalue weighted by Crippen LogP contribution is -2.09. The second kappa shape index (κ2) is 5.06. The molecule has 0 aliphatic carbocycles. The monoisotopic (exact) mass is 249 g/mol. The molecule has 0 radical (unpaired) electrons. The second-order valence-corrected chi connectivity index (χ2v) is 4.51. The first-order valence-corrected chi connectivity index (χ1v) is 6.36. The quantitative estimate of drug-likeness (QED) is 0.767. The molecule has 2 aromatic carbocycles. The Morgan fingerprint density at radius 3 is 2.47 bits per heavy atom. The van der Waals surface area contributed by atoms with Crippen molar-refractivity contribution < 1.29 is 0 Å². The van der Waals surface area contributed by atoms with E-state index in [4.69, 9.17) is 0 Å². The van der Waals surface area contributed by atoms with Gasteiger partial charge in [0.25, 0.3) is 0 Å². The zero-order chi connectivity index (χ0) is 13.1. The first-order valence-electron chi connectivity index (χ1n) is 6.36. The van der Waals surface area contributed by atoms with Gasteiger partial charge in [-0.2, -0.15) is 0 Å². The summed E-state index contributed by atoms with van der Waals surface area (Å²) in [5.74, 6) is 0.655. The minimum absolute atomic E-state index is 0.161. The molecular weight excluding hydrogens is 234 g/mol. The summed E-state index contributed by atoms with van der Waals surface area (Å²) in [6, 6.07) is 16.7. The minimum Gasteiger partial charge on any atom is -0.348 e. The number of nitrogens with zero attached hydrogens (tertiary/aromatic N) is 2. The number of fused-ring (bicyclic) bond motifs is 1. The van der Waals surface area contributed by atoms with Gasteiger partial charge in [-0.05, 0) is 29.3 Å². The molecule has 19 heavy (non-hydrogen) atoms. The van der Waals surface area contributed by atoms with Crippen LogP contribution in [0.25, 0.3) is 10.8 Å². The molecule has 1 N–H and O–H groups in total. The van der Waals surface area contributed by atoms with Crippen LogP contribution >= 0.6 is 0 Å². The van der Waals surface area contributed by atoms with Crippen LogP contribution in [0.15, 0.2) is 60.9 Å². The van der Waals surface area contributed by atoms with Gasteiger partial charge in [-0.1, -0.05) is 42.5 Å². The molecule has 3 aromatic rings. The molecule has 1 unspecified atom stereocenters. The number of benzene rings is 2. The molecule has 1 atom stereocenters. The molecule has 3 heteroatoms. The van der Waals surface area contributed by atoms with Crippen molar-refractivity contribution >= 4 is 16.7 Å². The van der Waals surface area contributed by atoms with Crippen LogP contribution < -0.4 is 5.32 Å². The third-order valence-corrected chi connectivity index (χ3v) is 3.20. The van der Waals surface area contributed by atoms with Crippen molar-refractivity contribution in [3.8, 4) is 0 Å². The van der Waals surface area contributed by atoms with E-state index in [0.29, 0.717) is 5.95 Å². The number of aromatic nitrogens is 2. The van der Waals surface area contributed by atoms with Crippen molar-refractivity contribution in [3.63, 3.8) is 0 Å². The Morgan fingerprint density at radius 1 is 0.895 bits per heavy atom. The lowest BCUT2D eigenvalue weighted by molar-refractivity contribution is 0.869. The van der Waals surface area contributed by atoms with E-state index >= 15 is 0 Å². The van der Waals surface area contributed by atoms with E-state index in [9.17, 15) is 0 Å². The van der Waals surface area contributed by atoms with E-state index < -0.39 is 0 Å². The van der Waals surface area contributed by atoms with E-state index in [2.05, 4.69) is 64.7 Å². The minimum atomic E-state index is 0.161. The van der Waals surface area contributed by atoms with E-state index in [-0.39, 0.29) is 6.04 Å². The lowest BCUT2D eigenvalue weighted by Gasteiger charge is -2.16. The molecule has 3 nitrogen and oxygen atoms in total. The van der Waals surface area contributed by atoms with E-state index in [1.807, 2.05) is 6.07 Å². The van der Waals surface area contributed by atoms with Gasteiger partial charge in [0.05, 0.1) is 6.04 Å². The highest BCUT2D eigenvalue weighted by Crippen LogP contribution is 2.25. The third kappa shape index (κ3) is 2.40. The zero-order valence-electron chi connectivity index (χ0n) is 10.7. The van der Waals surface area contributed by atoms with Gasteiger partial charge in [0.15, 0.2) is 0 Å². The number of hydrogen-bond acceptors (Lipinski definition) is 3. The number of hydrogen-bond donors (Lipinski definition) is 1. The lowest BCUT2D eigenvalue weighted by atomic mass is 10.00. The molecule has 0 aliphatic rings. The first kappa shape index (κ1) is 11.7. The molecule has 0 saturated carbocycles. The summed E-state index contributed by atoms with van der Waals surface area (Å²) in [6.07, 6.45) is 3.48. The van der Waals surface area contributed by atoms with Crippen LogP contribution in [0.3, 0.4) is 0 Å². The van der Waals surface area contributed by atoms with Crippen molar-refractivity contribution in [2.75, 3.05) is 5.32 Å². The summed E-state index contributed by atoms with van der Waals surface area (Å²) in [5.41, 5.74) is 1.26. The fourth-order valence-corrected chi connectivity index (χ4v) is 2.27. The van der Waals surface area contributed by atoms with Crippen LogP contribution in [0, 0.1) is 0 Å². The molecule has 0 aliphatic heterocycles. The highest BCUT2D eigenvalue weighted by Gasteiger charge is 2.09. The topological polar surface area (TPSA) is 37.8 Å². The van der Waals surface area contributed by atoms with Crippen molar-refractivity contribution in [2.45, 2.75) is 13.0 Å². The number of rotatable bonds is 3. The van der Waals surface area contributed by atoms with Crippen molar-refractivity contribution in [3.05, 3.63) is 66.5 Å². The Balaban J connectivity index is 1.96. The Morgan fingerprint density at radius 2 is 1.63 bits per heavy atom. The van der Waals surface area contributed by atoms with Crippen molar-refractivity contribution in [1.82, 2.24) is 9.97 Å². The smallest absolute Gasteiger partial charge is 0.223 e. The van der Waals surface area contributed by atoms with Crippen LogP contribution in [0.2, 0.25) is 0 Å². The molecule has 0 saturated heterocycles. The summed E-state index contributed by atoms with van der Waals surface area (Å²) in [7, 11) is 0. The molecule has 94 valence electrons. The third-order valence-electron chi connectivity index (χ3n) is 3.20. The molecular formula is C16H15N3. The predicted octanol–water partition coefficient (Wildman–Crippen LogP) is 3.80. The number of anilines is 1. The van der Waals surface area contributed by atoms with Gasteiger partial charge in [0, 0.05) is 12.4 Å². The zero-order valence-corrected chi connectivity index (χ0v) is 10.7. The highest BCUT2D eigenvalue weighted by molar-refractivity contribution is 5.86. The van der Waals surface area contributed by atoms with Crippen LogP contribution in [0.1, 0.15) is 18.5 Å². The Kier molecular flexibility index (Phi) is 3.11. The predicted molar refractivity (Wildman–Crippen MR) is 78.0 cm³/mol. The van der Waals surface area contributed by atoms with Crippen molar-refractivity contribution in [1.29, 1.82) is 0 Å². The largest absolute Gasteiger partial charge is 0.348 e. The summed E-state index contributed by atoms with van der Waals surface area (Å²) >= 11 is 0. The summed E-state index contributed by atoms with van der Waals surface area (Å²) < 4.78 is 0. The first-order chi connectivity index (χ1) is 9.34. The van der Waals surface area contributed by atoms with Crippen LogP contribution in [0.4, 0.5) is 5.95 Å². The van der Waals surface area contributed by atoms with E-state index in [0.717, 1.165) is 0 Å². The fourth-order valence-electron chi connectivity index (χ4n) is 2.27. The number of nitrogens with one attached hydrogen (secondary N) is 1. The van der Waals surface area contributed by atoms with E-state index in [1.165, 1.54) is 16.3 Å². The Hall–Kier alpha value is -2.42. The van der Waals surface area contributed by atoms with Gasteiger partial charge >= 0.3 is 0 Å². The fraction of sp³-hybridized carbons (Fsp3) is 0.125. The standard InChI is InChI=1S/C16H15N3/c1-12(19-16-17-10-5-11-18-16)14-9-4-7-13-6-2-3-8-15(13)14/h2-12H,1H3,(H,17,18,19). The molecule has 1 heterocycles. The normalized spacial score (nSPS) is 12.3. The van der Waals surface area contributed by atoms with Crippen LogP contribution in [0.5, 0.6) is 0 Å². The SMILES string of the molecule is CC(Nc1ncccn1)c1cccc2ccccc12. The molecule has 3 rings (SSSR count). The molecule has 1 aromatic heterocycles. The summed E-state index contributed by atoms with van der Waals surface area (Å²) in [5, 5.41) is 5.85. The van der Waals surface area contributed by atoms with Gasteiger partial charge in [-0.25, -0.2) is 9.97 Å². The molecule has 0 spiro atoms. The van der Waals surface area contributed by atoms with Crippen LogP contribution in [-0.2, 0) is 0 Å². The van der Waals surface area contributed by atoms with E-state index in [1.54, 1.807) is 12.4 Å². The Bertz CT molecular complexity index is 674. The van der Waals surface area contributed by atoms with Gasteiger partial charge in [0.2, 0.25) is 5.95 Å². The summed E-state index contributed by atoms with van der Waals surface area (Å²) in [4.78, 5) is 8.40. The highest BCUT2D eigenvalue weighted by atomic mass is 15.1. The van der Waals surface area contributed by atoms with Crippen molar-refractivity contribution in [2.24, 2.45) is 0 Å². The molecule has 0 fully saturated rings. The second-order valence-electron chi connectivity index (χ2n) is 4.51. The summed E-state index contributed by atoms with van der Waals surface area (Å²) in [6.45, 7) is 2.12.